The normalized spacial score (nSPS) is 18.2. The highest BCUT2D eigenvalue weighted by molar-refractivity contribution is 9.09. The largest absolute Gasteiger partial charge is 0.494 e. The van der Waals surface area contributed by atoms with Crippen molar-refractivity contribution >= 4 is 21.7 Å². The maximum Gasteiger partial charge on any atom is 0.137 e. The van der Waals surface area contributed by atoms with E-state index in [9.17, 15) is 4.79 Å². The number of ketones is 1. The van der Waals surface area contributed by atoms with Gasteiger partial charge in [-0.3, -0.25) is 4.79 Å². The number of fused-ring (bicyclic) bond motifs is 1. The van der Waals surface area contributed by atoms with E-state index in [1.54, 1.807) is 0 Å². The third kappa shape index (κ3) is 3.82. The van der Waals surface area contributed by atoms with Gasteiger partial charge in [-0.15, -0.1) is 0 Å². The average Bonchev–Trinajstić information content (AvgIpc) is 2.42. The van der Waals surface area contributed by atoms with Gasteiger partial charge in [-0.25, -0.2) is 0 Å². The molecule has 1 atom stereocenters. The molecule has 0 fully saturated rings. The second-order valence-corrected chi connectivity index (χ2v) is 5.92. The minimum Gasteiger partial charge on any atom is -0.494 e. The lowest BCUT2D eigenvalue weighted by atomic mass is 9.81. The van der Waals surface area contributed by atoms with Gasteiger partial charge in [-0.2, -0.15) is 0 Å². The Morgan fingerprint density at radius 3 is 2.95 bits per heavy atom. The molecule has 0 spiro atoms. The summed E-state index contributed by atoms with van der Waals surface area (Å²) in [7, 11) is 0. The minimum atomic E-state index is 0.357. The van der Waals surface area contributed by atoms with Crippen molar-refractivity contribution in [1.82, 2.24) is 0 Å². The van der Waals surface area contributed by atoms with E-state index in [4.69, 9.17) is 4.74 Å². The summed E-state index contributed by atoms with van der Waals surface area (Å²) in [5, 5.41) is 1.02. The second kappa shape index (κ2) is 7.09. The van der Waals surface area contributed by atoms with Crippen LogP contribution in [0.4, 0.5) is 0 Å². The number of rotatable bonds is 6. The molecule has 104 valence electrons. The van der Waals surface area contributed by atoms with Crippen LogP contribution in [0.15, 0.2) is 18.2 Å². The lowest BCUT2D eigenvalue weighted by Gasteiger charge is -2.24. The van der Waals surface area contributed by atoms with Gasteiger partial charge in [0.15, 0.2) is 0 Å². The summed E-state index contributed by atoms with van der Waals surface area (Å²) >= 11 is 3.41. The first-order valence-electron chi connectivity index (χ1n) is 7.08. The van der Waals surface area contributed by atoms with Gasteiger partial charge in [-0.05, 0) is 48.4 Å². The molecule has 0 saturated carbocycles. The number of halogens is 1. The van der Waals surface area contributed by atoms with Crippen LogP contribution < -0.4 is 4.74 Å². The van der Waals surface area contributed by atoms with Gasteiger partial charge in [0.25, 0.3) is 0 Å². The van der Waals surface area contributed by atoms with E-state index >= 15 is 0 Å². The van der Waals surface area contributed by atoms with E-state index < -0.39 is 0 Å². The van der Waals surface area contributed by atoms with Crippen LogP contribution in [-0.2, 0) is 11.2 Å². The predicted octanol–water partition coefficient (Wildman–Crippen LogP) is 4.25. The zero-order valence-corrected chi connectivity index (χ0v) is 13.0. The number of carbonyl (C=O) groups is 1. The van der Waals surface area contributed by atoms with E-state index in [0.717, 1.165) is 36.9 Å². The van der Waals surface area contributed by atoms with Crippen molar-refractivity contribution < 1.29 is 9.53 Å². The Bertz CT molecular complexity index is 442. The van der Waals surface area contributed by atoms with Crippen molar-refractivity contribution in [2.45, 2.75) is 44.9 Å². The summed E-state index contributed by atoms with van der Waals surface area (Å²) in [6.07, 6.45) is 4.49. The highest BCUT2D eigenvalue weighted by Crippen LogP contribution is 2.34. The van der Waals surface area contributed by atoms with Crippen molar-refractivity contribution in [1.29, 1.82) is 0 Å². The number of carbonyl (C=O) groups excluding carboxylic acids is 1. The van der Waals surface area contributed by atoms with Gasteiger partial charge < -0.3 is 4.74 Å². The Kier molecular flexibility index (Phi) is 5.44. The third-order valence-electron chi connectivity index (χ3n) is 3.71. The Balaban J connectivity index is 2.05. The van der Waals surface area contributed by atoms with Gasteiger partial charge >= 0.3 is 0 Å². The van der Waals surface area contributed by atoms with Crippen molar-refractivity contribution in [3.8, 4) is 5.75 Å². The van der Waals surface area contributed by atoms with Crippen LogP contribution in [0.5, 0.6) is 5.75 Å². The Morgan fingerprint density at radius 2 is 2.21 bits per heavy atom. The number of alkyl halides is 1. The van der Waals surface area contributed by atoms with E-state index in [1.165, 1.54) is 11.1 Å². The number of ether oxygens (including phenoxy) is 1. The van der Waals surface area contributed by atoms with Crippen molar-refractivity contribution in [3.63, 3.8) is 0 Å². The minimum absolute atomic E-state index is 0.357. The third-order valence-corrected chi connectivity index (χ3v) is 4.27. The molecule has 0 heterocycles. The summed E-state index contributed by atoms with van der Waals surface area (Å²) in [4.78, 5) is 11.8. The molecule has 1 aromatic carbocycles. The molecule has 1 aromatic rings. The highest BCUT2D eigenvalue weighted by atomic mass is 79.9. The summed E-state index contributed by atoms with van der Waals surface area (Å²) in [5.74, 6) is 1.66. The Morgan fingerprint density at radius 1 is 1.37 bits per heavy atom. The predicted molar refractivity (Wildman–Crippen MR) is 81.3 cm³/mol. The van der Waals surface area contributed by atoms with Gasteiger partial charge in [0.1, 0.15) is 11.5 Å². The monoisotopic (exact) mass is 324 g/mol. The number of hydrogen-bond donors (Lipinski definition) is 0. The molecule has 1 aliphatic rings. The lowest BCUT2D eigenvalue weighted by molar-refractivity contribution is -0.119. The van der Waals surface area contributed by atoms with Crippen LogP contribution in [0.2, 0.25) is 0 Å². The Hall–Kier alpha value is -0.830. The van der Waals surface area contributed by atoms with Gasteiger partial charge in [0.2, 0.25) is 0 Å². The number of hydrogen-bond acceptors (Lipinski definition) is 2. The smallest absolute Gasteiger partial charge is 0.137 e. The van der Waals surface area contributed by atoms with Crippen LogP contribution in [0.1, 0.15) is 49.7 Å². The molecule has 0 bridgehead atoms. The zero-order chi connectivity index (χ0) is 13.7. The first-order chi connectivity index (χ1) is 9.24. The molecule has 0 aromatic heterocycles. The number of unbranched alkanes of at least 4 members (excludes halogenated alkanes) is 1. The summed E-state index contributed by atoms with van der Waals surface area (Å²) in [6, 6.07) is 6.25. The standard InChI is InChI=1S/C16H21BrO2/c1-2-12-9-14(18)10-13-11-15(5-6-16(12)13)19-8-4-3-7-17/h5-6,11-12H,2-4,7-10H2,1H3. The molecular formula is C16H21BrO2. The first kappa shape index (κ1) is 14.6. The molecule has 0 saturated heterocycles. The fourth-order valence-corrected chi connectivity index (χ4v) is 3.04. The van der Waals surface area contributed by atoms with Crippen LogP contribution in [0.25, 0.3) is 0 Å². The van der Waals surface area contributed by atoms with Crippen molar-refractivity contribution in [2.24, 2.45) is 0 Å². The van der Waals surface area contributed by atoms with Crippen molar-refractivity contribution in [3.05, 3.63) is 29.3 Å². The van der Waals surface area contributed by atoms with Crippen LogP contribution in [0, 0.1) is 0 Å². The van der Waals surface area contributed by atoms with Gasteiger partial charge in [0, 0.05) is 18.2 Å². The molecule has 1 aliphatic carbocycles. The molecule has 2 nitrogen and oxygen atoms in total. The van der Waals surface area contributed by atoms with E-state index in [0.29, 0.717) is 24.5 Å². The molecule has 0 radical (unpaired) electrons. The maximum atomic E-state index is 11.8. The van der Waals surface area contributed by atoms with E-state index in [-0.39, 0.29) is 0 Å². The average molecular weight is 325 g/mol. The topological polar surface area (TPSA) is 26.3 Å². The number of benzene rings is 1. The SMILES string of the molecule is CCC1CC(=O)Cc2cc(OCCCCBr)ccc21. The lowest BCUT2D eigenvalue weighted by Crippen LogP contribution is -2.18. The molecule has 2 rings (SSSR count). The second-order valence-electron chi connectivity index (χ2n) is 5.13. The molecule has 3 heteroatoms. The van der Waals surface area contributed by atoms with Crippen LogP contribution in [0.3, 0.4) is 0 Å². The summed E-state index contributed by atoms with van der Waals surface area (Å²) in [5.41, 5.74) is 2.51. The van der Waals surface area contributed by atoms with Crippen molar-refractivity contribution in [2.75, 3.05) is 11.9 Å². The van der Waals surface area contributed by atoms with Crippen LogP contribution >= 0.6 is 15.9 Å². The number of Topliss-reactive ketones (excluding diaryl/α,β-unsaturated/α-hetero) is 1. The highest BCUT2D eigenvalue weighted by Gasteiger charge is 2.24. The maximum absolute atomic E-state index is 11.8. The Labute approximate surface area is 123 Å². The zero-order valence-electron chi connectivity index (χ0n) is 11.5. The molecule has 1 unspecified atom stereocenters. The van der Waals surface area contributed by atoms with E-state index in [1.807, 2.05) is 6.07 Å². The van der Waals surface area contributed by atoms with E-state index in [2.05, 4.69) is 35.0 Å². The van der Waals surface area contributed by atoms with Gasteiger partial charge in [0.05, 0.1) is 6.61 Å². The molecule has 19 heavy (non-hydrogen) atoms. The van der Waals surface area contributed by atoms with Crippen LogP contribution in [-0.4, -0.2) is 17.7 Å². The fourth-order valence-electron chi connectivity index (χ4n) is 2.64. The molecule has 0 N–H and O–H groups in total. The first-order valence-corrected chi connectivity index (χ1v) is 8.20. The quantitative estimate of drug-likeness (QED) is 0.577. The molecule has 0 aliphatic heterocycles. The van der Waals surface area contributed by atoms with Gasteiger partial charge in [-0.1, -0.05) is 28.9 Å². The fraction of sp³-hybridized carbons (Fsp3) is 0.562. The summed E-state index contributed by atoms with van der Waals surface area (Å²) < 4.78 is 5.75. The molecule has 0 amide bonds. The summed E-state index contributed by atoms with van der Waals surface area (Å²) in [6.45, 7) is 2.90. The molecular weight excluding hydrogens is 304 g/mol.